The van der Waals surface area contributed by atoms with Crippen molar-refractivity contribution >= 4 is 12.2 Å². The predicted molar refractivity (Wildman–Crippen MR) is 160 cm³/mol. The summed E-state index contributed by atoms with van der Waals surface area (Å²) in [4.78, 5) is 0. The number of fused-ring (bicyclic) bond motifs is 2. The molecule has 0 amide bonds. The molecule has 184 valence electrons. The van der Waals surface area contributed by atoms with E-state index in [1.54, 1.807) is 0 Å². The highest BCUT2D eigenvalue weighted by Gasteiger charge is 2.09. The lowest BCUT2D eigenvalue weighted by Gasteiger charge is -2.15. The van der Waals surface area contributed by atoms with Gasteiger partial charge in [0.15, 0.2) is 0 Å². The van der Waals surface area contributed by atoms with E-state index in [0.717, 1.165) is 22.3 Å². The molecule has 38 heavy (non-hydrogen) atoms. The highest BCUT2D eigenvalue weighted by Crippen LogP contribution is 2.23. The topological polar surface area (TPSA) is 0 Å². The molecule has 0 unspecified atom stereocenters. The maximum absolute atomic E-state index is 3.35. The average Bonchev–Trinajstić information content (AvgIpc) is 2.99. The molecule has 6 rings (SSSR count). The Morgan fingerprint density at radius 3 is 1.13 bits per heavy atom. The van der Waals surface area contributed by atoms with Crippen molar-refractivity contribution in [3.63, 3.8) is 0 Å². The Balaban J connectivity index is 1.07. The quantitative estimate of drug-likeness (QED) is 0.196. The maximum Gasteiger partial charge on any atom is 0.0251 e. The van der Waals surface area contributed by atoms with Crippen molar-refractivity contribution in [1.29, 1.82) is 0 Å². The number of benzene rings is 4. The molecule has 0 radical (unpaired) electrons. The van der Waals surface area contributed by atoms with Crippen LogP contribution in [0, 0.1) is 23.7 Å². The van der Waals surface area contributed by atoms with Gasteiger partial charge in [0.25, 0.3) is 0 Å². The summed E-state index contributed by atoms with van der Waals surface area (Å²) in [7, 11) is 0. The Morgan fingerprint density at radius 2 is 0.711 bits per heavy atom. The van der Waals surface area contributed by atoms with Crippen molar-refractivity contribution < 1.29 is 0 Å². The standard InChI is InChI=1S/C38H32/c1-3-7-37-27-33(23-25-35(37)5-1)21-19-31-15-11-29(12-16-31)9-10-30-13-17-32(18-14-30)20-22-34-24-26-36-6-2-4-8-38(36)28-34/h9-18,23-28H,1-8H2/b10-9+. The van der Waals surface area contributed by atoms with Crippen LogP contribution in [0.1, 0.15) is 81.3 Å². The molecule has 0 saturated carbocycles. The molecule has 0 spiro atoms. The first-order valence-electron chi connectivity index (χ1n) is 13.9. The first-order valence-corrected chi connectivity index (χ1v) is 13.9. The number of rotatable bonds is 2. The van der Waals surface area contributed by atoms with Gasteiger partial charge < -0.3 is 0 Å². The van der Waals surface area contributed by atoms with Gasteiger partial charge in [0.05, 0.1) is 0 Å². The van der Waals surface area contributed by atoms with Crippen LogP contribution in [0.25, 0.3) is 12.2 Å². The van der Waals surface area contributed by atoms with Crippen LogP contribution in [0.15, 0.2) is 84.9 Å². The lowest BCUT2D eigenvalue weighted by atomic mass is 9.90. The molecule has 4 aromatic carbocycles. The first kappa shape index (κ1) is 24.1. The third kappa shape index (κ3) is 5.99. The van der Waals surface area contributed by atoms with Crippen LogP contribution in [0.3, 0.4) is 0 Å². The van der Waals surface area contributed by atoms with Gasteiger partial charge in [0, 0.05) is 22.3 Å². The van der Waals surface area contributed by atoms with E-state index >= 15 is 0 Å². The second kappa shape index (κ2) is 11.4. The van der Waals surface area contributed by atoms with Crippen molar-refractivity contribution in [2.24, 2.45) is 0 Å². The van der Waals surface area contributed by atoms with E-state index in [1.807, 2.05) is 0 Å². The SMILES string of the molecule is C(#Cc1ccc2c(c1)CCCC2)c1ccc(/C=C/c2ccc(C#Cc3ccc4c(c3)CCCC4)cc2)cc1. The summed E-state index contributed by atoms with van der Waals surface area (Å²) in [6, 6.07) is 30.4. The van der Waals surface area contributed by atoms with Gasteiger partial charge in [-0.05, 0) is 133 Å². The molecule has 0 atom stereocenters. The molecule has 0 heteroatoms. The predicted octanol–water partition coefficient (Wildman–Crippen LogP) is 8.41. The summed E-state index contributed by atoms with van der Waals surface area (Å²) in [5, 5.41) is 0. The fourth-order valence-corrected chi connectivity index (χ4v) is 5.46. The Morgan fingerprint density at radius 1 is 0.368 bits per heavy atom. The smallest absolute Gasteiger partial charge is 0.0251 e. The number of aryl methyl sites for hydroxylation is 4. The van der Waals surface area contributed by atoms with Gasteiger partial charge >= 0.3 is 0 Å². The number of hydrogen-bond acceptors (Lipinski definition) is 0. The maximum atomic E-state index is 3.35. The summed E-state index contributed by atoms with van der Waals surface area (Å²) in [5.74, 6) is 13.4. The fourth-order valence-electron chi connectivity index (χ4n) is 5.46. The van der Waals surface area contributed by atoms with Gasteiger partial charge in [0.1, 0.15) is 0 Å². The van der Waals surface area contributed by atoms with Gasteiger partial charge in [-0.15, -0.1) is 0 Å². The second-order valence-corrected chi connectivity index (χ2v) is 10.5. The molecule has 0 aliphatic heterocycles. The Hall–Kier alpha value is -4.26. The van der Waals surface area contributed by atoms with Crippen molar-refractivity contribution in [3.8, 4) is 23.7 Å². The van der Waals surface area contributed by atoms with Gasteiger partial charge in [-0.2, -0.15) is 0 Å². The average molecular weight is 489 g/mol. The minimum absolute atomic E-state index is 1.04. The van der Waals surface area contributed by atoms with Crippen LogP contribution in [-0.2, 0) is 25.7 Å². The molecule has 0 nitrogen and oxygen atoms in total. The van der Waals surface area contributed by atoms with Crippen molar-refractivity contribution in [2.45, 2.75) is 51.4 Å². The van der Waals surface area contributed by atoms with E-state index in [4.69, 9.17) is 0 Å². The normalized spacial score (nSPS) is 14.0. The third-order valence-electron chi connectivity index (χ3n) is 7.69. The molecular formula is C38H32. The third-order valence-corrected chi connectivity index (χ3v) is 7.69. The highest BCUT2D eigenvalue weighted by molar-refractivity contribution is 5.70. The molecule has 0 fully saturated rings. The summed E-state index contributed by atoms with van der Waals surface area (Å²) in [6.45, 7) is 0. The van der Waals surface area contributed by atoms with E-state index < -0.39 is 0 Å². The van der Waals surface area contributed by atoms with E-state index in [9.17, 15) is 0 Å². The van der Waals surface area contributed by atoms with Crippen LogP contribution < -0.4 is 0 Å². The van der Waals surface area contributed by atoms with Gasteiger partial charge in [0.2, 0.25) is 0 Å². The van der Waals surface area contributed by atoms with Crippen molar-refractivity contribution in [2.75, 3.05) is 0 Å². The van der Waals surface area contributed by atoms with Gasteiger partial charge in [-0.3, -0.25) is 0 Å². The number of hydrogen-bond donors (Lipinski definition) is 0. The lowest BCUT2D eigenvalue weighted by Crippen LogP contribution is -2.02. The Kier molecular flexibility index (Phi) is 7.24. The van der Waals surface area contributed by atoms with Crippen LogP contribution >= 0.6 is 0 Å². The molecule has 0 saturated heterocycles. The second-order valence-electron chi connectivity index (χ2n) is 10.5. The van der Waals surface area contributed by atoms with Crippen LogP contribution in [0.5, 0.6) is 0 Å². The van der Waals surface area contributed by atoms with Gasteiger partial charge in [-0.1, -0.05) is 72.2 Å². The molecule has 0 heterocycles. The molecule has 0 N–H and O–H groups in total. The van der Waals surface area contributed by atoms with Gasteiger partial charge in [-0.25, -0.2) is 0 Å². The lowest BCUT2D eigenvalue weighted by molar-refractivity contribution is 0.685. The molecule has 0 aromatic heterocycles. The molecule has 2 aliphatic carbocycles. The van der Waals surface area contributed by atoms with Crippen LogP contribution in [-0.4, -0.2) is 0 Å². The van der Waals surface area contributed by atoms with E-state index in [0.29, 0.717) is 0 Å². The zero-order valence-electron chi connectivity index (χ0n) is 21.9. The van der Waals surface area contributed by atoms with E-state index in [-0.39, 0.29) is 0 Å². The molecule has 2 aliphatic rings. The molecular weight excluding hydrogens is 456 g/mol. The van der Waals surface area contributed by atoms with Crippen molar-refractivity contribution in [3.05, 3.63) is 141 Å². The monoisotopic (exact) mass is 488 g/mol. The summed E-state index contributed by atoms with van der Waals surface area (Å²) in [6.07, 6.45) is 14.3. The van der Waals surface area contributed by atoms with Crippen LogP contribution in [0.2, 0.25) is 0 Å². The van der Waals surface area contributed by atoms with Crippen molar-refractivity contribution in [1.82, 2.24) is 0 Å². The zero-order chi connectivity index (χ0) is 25.6. The Labute approximate surface area is 227 Å². The largest absolute Gasteiger partial charge is 0.0617 e. The van der Waals surface area contributed by atoms with E-state index in [2.05, 4.69) is 121 Å². The fraction of sp³-hybridized carbons (Fsp3) is 0.211. The van der Waals surface area contributed by atoms with E-state index in [1.165, 1.54) is 84.7 Å². The zero-order valence-corrected chi connectivity index (χ0v) is 21.9. The Bertz CT molecular complexity index is 1470. The highest BCUT2D eigenvalue weighted by atomic mass is 14.1. The molecule has 4 aromatic rings. The minimum Gasteiger partial charge on any atom is -0.0617 e. The molecule has 0 bridgehead atoms. The minimum atomic E-state index is 1.04. The summed E-state index contributed by atoms with van der Waals surface area (Å²) < 4.78 is 0. The summed E-state index contributed by atoms with van der Waals surface area (Å²) in [5.41, 5.74) is 12.6. The first-order chi connectivity index (χ1) is 18.8. The van der Waals surface area contributed by atoms with Crippen LogP contribution in [0.4, 0.5) is 0 Å². The summed E-state index contributed by atoms with van der Waals surface area (Å²) >= 11 is 0.